The molecule has 1 saturated heterocycles. The van der Waals surface area contributed by atoms with E-state index in [9.17, 15) is 13.2 Å². The van der Waals surface area contributed by atoms with Crippen molar-refractivity contribution in [3.8, 4) is 0 Å². The molecule has 0 saturated carbocycles. The zero-order chi connectivity index (χ0) is 20.4. The van der Waals surface area contributed by atoms with Crippen molar-refractivity contribution in [3.05, 3.63) is 53.0 Å². The molecule has 29 heavy (non-hydrogen) atoms. The first-order valence-corrected chi connectivity index (χ1v) is 12.0. The maximum Gasteiger partial charge on any atom is 0.255 e. The third-order valence-corrected chi connectivity index (χ3v) is 7.92. The third-order valence-electron chi connectivity index (χ3n) is 5.07. The standard InChI is InChI=1S/C21H23N3O3S2/c1-15-22-19-11-8-17(14-20(19)28-15)23-21(25)16-6-9-18(10-7-16)29(26,27)24-12-4-2-3-5-13-24/h6-11,14H,2-5,12-13H2,1H3,(H,23,25). The lowest BCUT2D eigenvalue weighted by atomic mass is 10.2. The van der Waals surface area contributed by atoms with E-state index in [0.29, 0.717) is 24.3 Å². The van der Waals surface area contributed by atoms with Crippen LogP contribution in [-0.4, -0.2) is 36.7 Å². The van der Waals surface area contributed by atoms with Crippen molar-refractivity contribution in [2.24, 2.45) is 0 Å². The number of nitrogens with zero attached hydrogens (tertiary/aromatic N) is 2. The predicted molar refractivity (Wildman–Crippen MR) is 116 cm³/mol. The molecule has 1 aliphatic rings. The molecule has 0 spiro atoms. The summed E-state index contributed by atoms with van der Waals surface area (Å²) < 4.78 is 28.3. The Morgan fingerprint density at radius 3 is 2.41 bits per heavy atom. The number of aromatic nitrogens is 1. The molecule has 0 aliphatic carbocycles. The van der Waals surface area contributed by atoms with E-state index in [1.54, 1.807) is 27.8 Å². The second kappa shape index (κ2) is 8.22. The minimum atomic E-state index is -3.51. The van der Waals surface area contributed by atoms with Crippen molar-refractivity contribution in [2.45, 2.75) is 37.5 Å². The van der Waals surface area contributed by atoms with E-state index in [2.05, 4.69) is 10.3 Å². The van der Waals surface area contributed by atoms with Crippen LogP contribution < -0.4 is 5.32 Å². The van der Waals surface area contributed by atoms with Crippen LogP contribution >= 0.6 is 11.3 Å². The van der Waals surface area contributed by atoms with E-state index in [1.165, 1.54) is 12.1 Å². The quantitative estimate of drug-likeness (QED) is 0.666. The zero-order valence-electron chi connectivity index (χ0n) is 16.2. The summed E-state index contributed by atoms with van der Waals surface area (Å²) in [5, 5.41) is 3.85. The second-order valence-electron chi connectivity index (χ2n) is 7.21. The van der Waals surface area contributed by atoms with Crippen LogP contribution in [0.25, 0.3) is 10.2 Å². The lowest BCUT2D eigenvalue weighted by Gasteiger charge is -2.20. The van der Waals surface area contributed by atoms with Gasteiger partial charge < -0.3 is 5.32 Å². The van der Waals surface area contributed by atoms with Crippen molar-refractivity contribution in [1.82, 2.24) is 9.29 Å². The topological polar surface area (TPSA) is 79.4 Å². The molecule has 3 aromatic rings. The van der Waals surface area contributed by atoms with Gasteiger partial charge in [-0.15, -0.1) is 11.3 Å². The first kappa shape index (κ1) is 20.0. The summed E-state index contributed by atoms with van der Waals surface area (Å²) in [6.07, 6.45) is 3.92. The number of thiazole rings is 1. The Morgan fingerprint density at radius 2 is 1.72 bits per heavy atom. The number of fused-ring (bicyclic) bond motifs is 1. The Morgan fingerprint density at radius 1 is 1.03 bits per heavy atom. The first-order chi connectivity index (χ1) is 13.9. The Hall–Kier alpha value is -2.29. The van der Waals surface area contributed by atoms with Crippen LogP contribution in [0.15, 0.2) is 47.4 Å². The van der Waals surface area contributed by atoms with Crippen LogP contribution in [0, 0.1) is 6.92 Å². The normalized spacial score (nSPS) is 15.9. The fourth-order valence-corrected chi connectivity index (χ4v) is 5.91. The highest BCUT2D eigenvalue weighted by Gasteiger charge is 2.25. The number of aryl methyl sites for hydroxylation is 1. The van der Waals surface area contributed by atoms with Gasteiger partial charge in [0.2, 0.25) is 10.0 Å². The smallest absolute Gasteiger partial charge is 0.255 e. The number of hydrogen-bond acceptors (Lipinski definition) is 5. The Labute approximate surface area is 174 Å². The molecule has 4 rings (SSSR count). The minimum Gasteiger partial charge on any atom is -0.322 e. The van der Waals surface area contributed by atoms with Crippen LogP contribution in [0.2, 0.25) is 0 Å². The summed E-state index contributed by atoms with van der Waals surface area (Å²) in [5.74, 6) is -0.274. The monoisotopic (exact) mass is 429 g/mol. The number of carbonyl (C=O) groups excluding carboxylic acids is 1. The molecule has 1 amide bonds. The lowest BCUT2D eigenvalue weighted by Crippen LogP contribution is -2.31. The van der Waals surface area contributed by atoms with E-state index in [-0.39, 0.29) is 10.8 Å². The highest BCUT2D eigenvalue weighted by molar-refractivity contribution is 7.89. The number of benzene rings is 2. The molecule has 152 valence electrons. The molecule has 6 nitrogen and oxygen atoms in total. The number of carbonyl (C=O) groups is 1. The van der Waals surface area contributed by atoms with Crippen molar-refractivity contribution in [2.75, 3.05) is 18.4 Å². The Kier molecular flexibility index (Phi) is 5.67. The van der Waals surface area contributed by atoms with Gasteiger partial charge in [0.25, 0.3) is 5.91 Å². The number of hydrogen-bond donors (Lipinski definition) is 1. The van der Waals surface area contributed by atoms with Gasteiger partial charge in [0.05, 0.1) is 20.1 Å². The van der Waals surface area contributed by atoms with Crippen molar-refractivity contribution < 1.29 is 13.2 Å². The maximum atomic E-state index is 12.9. The molecule has 0 unspecified atom stereocenters. The van der Waals surface area contributed by atoms with Gasteiger partial charge in [-0.2, -0.15) is 4.31 Å². The molecular weight excluding hydrogens is 406 g/mol. The summed E-state index contributed by atoms with van der Waals surface area (Å²) >= 11 is 1.58. The predicted octanol–water partition coefficient (Wildman–Crippen LogP) is 4.42. The summed E-state index contributed by atoms with van der Waals surface area (Å²) in [6.45, 7) is 3.07. The lowest BCUT2D eigenvalue weighted by molar-refractivity contribution is 0.102. The number of anilines is 1. The average molecular weight is 430 g/mol. The van der Waals surface area contributed by atoms with E-state index in [4.69, 9.17) is 0 Å². The number of sulfonamides is 1. The van der Waals surface area contributed by atoms with Gasteiger partial charge >= 0.3 is 0 Å². The number of amides is 1. The highest BCUT2D eigenvalue weighted by Crippen LogP contribution is 2.25. The fourth-order valence-electron chi connectivity index (χ4n) is 3.53. The van der Waals surface area contributed by atoms with Gasteiger partial charge in [0, 0.05) is 24.3 Å². The van der Waals surface area contributed by atoms with Gasteiger partial charge in [0.1, 0.15) is 0 Å². The summed E-state index contributed by atoms with van der Waals surface area (Å²) in [4.78, 5) is 17.2. The molecule has 2 aromatic carbocycles. The van der Waals surface area contributed by atoms with E-state index >= 15 is 0 Å². The third kappa shape index (κ3) is 4.34. The number of rotatable bonds is 4. The van der Waals surface area contributed by atoms with Crippen molar-refractivity contribution in [1.29, 1.82) is 0 Å². The first-order valence-electron chi connectivity index (χ1n) is 9.72. The molecule has 1 aromatic heterocycles. The average Bonchev–Trinajstić information content (AvgIpc) is 2.90. The van der Waals surface area contributed by atoms with E-state index < -0.39 is 10.0 Å². The number of nitrogens with one attached hydrogen (secondary N) is 1. The van der Waals surface area contributed by atoms with Gasteiger partial charge in [0.15, 0.2) is 0 Å². The molecular formula is C21H23N3O3S2. The van der Waals surface area contributed by atoms with Crippen LogP contribution in [0.1, 0.15) is 41.0 Å². The van der Waals surface area contributed by atoms with Gasteiger partial charge in [-0.25, -0.2) is 13.4 Å². The van der Waals surface area contributed by atoms with Gasteiger partial charge in [-0.3, -0.25) is 4.79 Å². The molecule has 1 fully saturated rings. The van der Waals surface area contributed by atoms with Crippen molar-refractivity contribution in [3.63, 3.8) is 0 Å². The maximum absolute atomic E-state index is 12.9. The van der Waals surface area contributed by atoms with Crippen LogP contribution in [-0.2, 0) is 10.0 Å². The van der Waals surface area contributed by atoms with Crippen LogP contribution in [0.3, 0.4) is 0 Å². The fraction of sp³-hybridized carbons (Fsp3) is 0.333. The molecule has 0 radical (unpaired) electrons. The van der Waals surface area contributed by atoms with Crippen molar-refractivity contribution >= 4 is 43.2 Å². The second-order valence-corrected chi connectivity index (χ2v) is 10.4. The molecule has 0 bridgehead atoms. The summed E-state index contributed by atoms with van der Waals surface area (Å²) in [6, 6.07) is 11.8. The summed E-state index contributed by atoms with van der Waals surface area (Å²) in [7, 11) is -3.51. The van der Waals surface area contributed by atoms with E-state index in [0.717, 1.165) is 40.9 Å². The van der Waals surface area contributed by atoms with Crippen LogP contribution in [0.5, 0.6) is 0 Å². The molecule has 1 aliphatic heterocycles. The Bertz CT molecular complexity index is 1130. The summed E-state index contributed by atoms with van der Waals surface area (Å²) in [5.41, 5.74) is 2.02. The van der Waals surface area contributed by atoms with E-state index in [1.807, 2.05) is 25.1 Å². The van der Waals surface area contributed by atoms with Gasteiger partial charge in [-0.05, 0) is 62.2 Å². The molecule has 1 N–H and O–H groups in total. The Balaban J connectivity index is 1.49. The SMILES string of the molecule is Cc1nc2ccc(NC(=O)c3ccc(S(=O)(=O)N4CCCCCC4)cc3)cc2s1. The zero-order valence-corrected chi connectivity index (χ0v) is 17.9. The van der Waals surface area contributed by atoms with Crippen LogP contribution in [0.4, 0.5) is 5.69 Å². The minimum absolute atomic E-state index is 0.234. The van der Waals surface area contributed by atoms with Gasteiger partial charge in [-0.1, -0.05) is 12.8 Å². The highest BCUT2D eigenvalue weighted by atomic mass is 32.2. The molecule has 2 heterocycles. The molecule has 0 atom stereocenters. The largest absolute Gasteiger partial charge is 0.322 e. The molecule has 8 heteroatoms.